The summed E-state index contributed by atoms with van der Waals surface area (Å²) in [5, 5.41) is 17.7. The molecular formula is C10H8N4O2. The average Bonchev–Trinajstić information content (AvgIpc) is 2.66. The van der Waals surface area contributed by atoms with E-state index in [9.17, 15) is 4.79 Å². The number of carboxylic acid groups (broad SMARTS) is 1. The van der Waals surface area contributed by atoms with E-state index in [1.807, 2.05) is 6.07 Å². The minimum Gasteiger partial charge on any atom is -0.480 e. The summed E-state index contributed by atoms with van der Waals surface area (Å²) in [4.78, 5) is 14.7. The lowest BCUT2D eigenvalue weighted by Gasteiger charge is -2.04. The molecule has 2 heterocycles. The van der Waals surface area contributed by atoms with E-state index >= 15 is 0 Å². The van der Waals surface area contributed by atoms with Gasteiger partial charge in [0.2, 0.25) is 0 Å². The van der Waals surface area contributed by atoms with Crippen molar-refractivity contribution in [1.29, 1.82) is 5.26 Å². The van der Waals surface area contributed by atoms with E-state index in [-0.39, 0.29) is 11.5 Å². The van der Waals surface area contributed by atoms with Crippen LogP contribution in [0.3, 0.4) is 0 Å². The highest BCUT2D eigenvalue weighted by molar-refractivity contribution is 5.75. The number of imidazole rings is 1. The molecule has 2 rings (SSSR count). The van der Waals surface area contributed by atoms with Crippen LogP contribution in [0.4, 0.5) is 0 Å². The first-order chi connectivity index (χ1) is 7.65. The number of carbonyl (C=O) groups is 1. The first kappa shape index (κ1) is 10.1. The Hall–Kier alpha value is -2.39. The molecule has 0 saturated heterocycles. The number of nitriles is 1. The van der Waals surface area contributed by atoms with E-state index in [1.54, 1.807) is 24.4 Å². The summed E-state index contributed by atoms with van der Waals surface area (Å²) < 4.78 is 1.51. The van der Waals surface area contributed by atoms with Crippen molar-refractivity contribution in [2.24, 2.45) is 5.73 Å². The largest absolute Gasteiger partial charge is 0.480 e. The van der Waals surface area contributed by atoms with Crippen molar-refractivity contribution in [2.45, 2.75) is 6.04 Å². The Morgan fingerprint density at radius 1 is 1.62 bits per heavy atom. The zero-order valence-electron chi connectivity index (χ0n) is 8.16. The molecule has 0 aliphatic carbocycles. The standard InChI is InChI=1S/C10H8N4O2/c11-5-6-7-3-1-2-4-14(7)9(13-6)8(12)10(15)16/h1-4,8H,12H2,(H,15,16). The number of aromatic nitrogens is 2. The van der Waals surface area contributed by atoms with E-state index in [0.29, 0.717) is 5.52 Å². The highest BCUT2D eigenvalue weighted by Crippen LogP contribution is 2.16. The van der Waals surface area contributed by atoms with Crippen molar-refractivity contribution < 1.29 is 9.90 Å². The van der Waals surface area contributed by atoms with Gasteiger partial charge >= 0.3 is 5.97 Å². The van der Waals surface area contributed by atoms with Gasteiger partial charge in [-0.2, -0.15) is 5.26 Å². The Morgan fingerprint density at radius 2 is 2.38 bits per heavy atom. The molecule has 3 N–H and O–H groups in total. The molecule has 6 heteroatoms. The summed E-state index contributed by atoms with van der Waals surface area (Å²) in [5.41, 5.74) is 6.21. The quantitative estimate of drug-likeness (QED) is 0.750. The van der Waals surface area contributed by atoms with E-state index in [1.165, 1.54) is 4.40 Å². The molecule has 6 nitrogen and oxygen atoms in total. The predicted octanol–water partition coefficient (Wildman–Crippen LogP) is 0.290. The summed E-state index contributed by atoms with van der Waals surface area (Å²) in [7, 11) is 0. The number of carboxylic acids is 1. The van der Waals surface area contributed by atoms with Crippen LogP contribution in [0.25, 0.3) is 5.52 Å². The van der Waals surface area contributed by atoms with Crippen molar-refractivity contribution in [3.63, 3.8) is 0 Å². The number of pyridine rings is 1. The normalized spacial score (nSPS) is 12.2. The maximum absolute atomic E-state index is 10.8. The van der Waals surface area contributed by atoms with Crippen molar-refractivity contribution in [2.75, 3.05) is 0 Å². The second-order valence-electron chi connectivity index (χ2n) is 3.20. The Kier molecular flexibility index (Phi) is 2.31. The van der Waals surface area contributed by atoms with Crippen LogP contribution in [0.2, 0.25) is 0 Å². The minimum absolute atomic E-state index is 0.152. The molecule has 0 aliphatic heterocycles. The van der Waals surface area contributed by atoms with E-state index < -0.39 is 12.0 Å². The molecule has 0 aromatic carbocycles. The number of rotatable bonds is 2. The van der Waals surface area contributed by atoms with Gasteiger partial charge in [0, 0.05) is 6.20 Å². The van der Waals surface area contributed by atoms with E-state index in [2.05, 4.69) is 4.98 Å². The minimum atomic E-state index is -1.24. The van der Waals surface area contributed by atoms with Crippen LogP contribution in [-0.2, 0) is 4.79 Å². The number of aliphatic carboxylic acids is 1. The van der Waals surface area contributed by atoms with E-state index in [4.69, 9.17) is 16.1 Å². The zero-order chi connectivity index (χ0) is 11.7. The van der Waals surface area contributed by atoms with Crippen molar-refractivity contribution >= 4 is 11.5 Å². The maximum Gasteiger partial charge on any atom is 0.328 e. The molecule has 0 fully saturated rings. The fraction of sp³-hybridized carbons (Fsp3) is 0.100. The molecule has 0 aliphatic rings. The van der Waals surface area contributed by atoms with Crippen LogP contribution in [0, 0.1) is 11.3 Å². The van der Waals surface area contributed by atoms with Gasteiger partial charge in [0.15, 0.2) is 11.7 Å². The van der Waals surface area contributed by atoms with E-state index in [0.717, 1.165) is 0 Å². The molecule has 0 spiro atoms. The SMILES string of the molecule is N#Cc1nc(C(N)C(=O)O)n2ccccc12. The Labute approximate surface area is 90.6 Å². The summed E-state index contributed by atoms with van der Waals surface area (Å²) in [6.07, 6.45) is 1.63. The molecular weight excluding hydrogens is 208 g/mol. The van der Waals surface area contributed by atoms with Crippen LogP contribution in [-0.4, -0.2) is 20.5 Å². The molecule has 0 amide bonds. The first-order valence-electron chi connectivity index (χ1n) is 4.50. The topological polar surface area (TPSA) is 104 Å². The zero-order valence-corrected chi connectivity index (χ0v) is 8.16. The van der Waals surface area contributed by atoms with Crippen LogP contribution in [0.15, 0.2) is 24.4 Å². The van der Waals surface area contributed by atoms with Crippen LogP contribution < -0.4 is 5.73 Å². The molecule has 2 aromatic rings. The number of nitrogens with zero attached hydrogens (tertiary/aromatic N) is 3. The van der Waals surface area contributed by atoms with Gasteiger partial charge in [-0.05, 0) is 12.1 Å². The summed E-state index contributed by atoms with van der Waals surface area (Å²) in [6.45, 7) is 0. The smallest absolute Gasteiger partial charge is 0.328 e. The lowest BCUT2D eigenvalue weighted by Crippen LogP contribution is -2.23. The molecule has 16 heavy (non-hydrogen) atoms. The highest BCUT2D eigenvalue weighted by atomic mass is 16.4. The molecule has 1 unspecified atom stereocenters. The van der Waals surface area contributed by atoms with Gasteiger partial charge in [0.05, 0.1) is 5.52 Å². The Bertz CT molecular complexity index is 596. The fourth-order valence-electron chi connectivity index (χ4n) is 1.47. The van der Waals surface area contributed by atoms with Crippen molar-refractivity contribution in [1.82, 2.24) is 9.38 Å². The van der Waals surface area contributed by atoms with Gasteiger partial charge in [0.1, 0.15) is 11.9 Å². The monoisotopic (exact) mass is 216 g/mol. The molecule has 1 atom stereocenters. The fourth-order valence-corrected chi connectivity index (χ4v) is 1.47. The molecule has 0 bridgehead atoms. The number of fused-ring (bicyclic) bond motifs is 1. The third kappa shape index (κ3) is 1.39. The second-order valence-corrected chi connectivity index (χ2v) is 3.20. The summed E-state index contributed by atoms with van der Waals surface area (Å²) in [6, 6.07) is 5.81. The highest BCUT2D eigenvalue weighted by Gasteiger charge is 2.21. The maximum atomic E-state index is 10.8. The van der Waals surface area contributed by atoms with Gasteiger partial charge in [-0.1, -0.05) is 6.07 Å². The van der Waals surface area contributed by atoms with Gasteiger partial charge in [-0.15, -0.1) is 0 Å². The summed E-state index contributed by atoms with van der Waals surface area (Å²) >= 11 is 0. The summed E-state index contributed by atoms with van der Waals surface area (Å²) in [5.74, 6) is -1.03. The van der Waals surface area contributed by atoms with Crippen LogP contribution >= 0.6 is 0 Å². The van der Waals surface area contributed by atoms with Crippen molar-refractivity contribution in [3.8, 4) is 6.07 Å². The van der Waals surface area contributed by atoms with Gasteiger partial charge in [-0.3, -0.25) is 4.79 Å². The molecule has 0 saturated carbocycles. The van der Waals surface area contributed by atoms with Crippen LogP contribution in [0.5, 0.6) is 0 Å². The predicted molar refractivity (Wildman–Crippen MR) is 54.5 cm³/mol. The molecule has 0 radical (unpaired) electrons. The molecule has 2 aromatic heterocycles. The molecule has 80 valence electrons. The van der Waals surface area contributed by atoms with Crippen molar-refractivity contribution in [3.05, 3.63) is 35.9 Å². The third-order valence-corrected chi connectivity index (χ3v) is 2.23. The third-order valence-electron chi connectivity index (χ3n) is 2.23. The number of hydrogen-bond acceptors (Lipinski definition) is 4. The lowest BCUT2D eigenvalue weighted by atomic mass is 10.3. The first-order valence-corrected chi connectivity index (χ1v) is 4.50. The number of hydrogen-bond donors (Lipinski definition) is 2. The number of nitrogens with two attached hydrogens (primary N) is 1. The van der Waals surface area contributed by atoms with Gasteiger partial charge < -0.3 is 15.2 Å². The van der Waals surface area contributed by atoms with Crippen LogP contribution in [0.1, 0.15) is 17.6 Å². The second kappa shape index (κ2) is 3.64. The lowest BCUT2D eigenvalue weighted by molar-refractivity contribution is -0.138. The Morgan fingerprint density at radius 3 is 3.00 bits per heavy atom. The van der Waals surface area contributed by atoms with Gasteiger partial charge in [0.25, 0.3) is 0 Å². The average molecular weight is 216 g/mol. The Balaban J connectivity index is 2.72. The van der Waals surface area contributed by atoms with Gasteiger partial charge in [-0.25, -0.2) is 4.98 Å².